The number of aromatic nitrogens is 3. The Morgan fingerprint density at radius 2 is 1.88 bits per heavy atom. The van der Waals surface area contributed by atoms with Gasteiger partial charge in [-0.2, -0.15) is 4.98 Å². The fraction of sp³-hybridized carbons (Fsp3) is 0.600. The van der Waals surface area contributed by atoms with Crippen LogP contribution in [0.15, 0.2) is 24.5 Å². The molecule has 3 fully saturated rings. The zero-order valence-electron chi connectivity index (χ0n) is 20.0. The Morgan fingerprint density at radius 1 is 1.06 bits per heavy atom. The minimum Gasteiger partial charge on any atom is -0.354 e. The number of hydrogen-bond donors (Lipinski definition) is 2. The number of nitrogens with one attached hydrogen (secondary N) is 2. The van der Waals surface area contributed by atoms with E-state index in [0.717, 1.165) is 74.9 Å². The van der Waals surface area contributed by atoms with Crippen LogP contribution in [-0.2, 0) is 11.2 Å². The second-order valence-electron chi connectivity index (χ2n) is 10.2. The number of piperazine rings is 1. The molecule has 0 radical (unpaired) electrons. The second kappa shape index (κ2) is 8.69. The molecule has 0 aromatic carbocycles. The number of hydrogen-bond acceptors (Lipinski definition) is 8. The Morgan fingerprint density at radius 3 is 2.59 bits per heavy atom. The van der Waals surface area contributed by atoms with Crippen molar-refractivity contribution in [1.29, 1.82) is 0 Å². The molecule has 0 bridgehead atoms. The van der Waals surface area contributed by atoms with Gasteiger partial charge in [-0.15, -0.1) is 0 Å². The number of anilines is 4. The molecular formula is C25H34N8O. The van der Waals surface area contributed by atoms with Crippen molar-refractivity contribution in [3.8, 4) is 0 Å². The van der Waals surface area contributed by atoms with Crippen molar-refractivity contribution in [2.45, 2.75) is 56.5 Å². The van der Waals surface area contributed by atoms with Gasteiger partial charge < -0.3 is 25.3 Å². The zero-order chi connectivity index (χ0) is 23.1. The smallest absolute Gasteiger partial charge is 0.246 e. The molecule has 5 heterocycles. The van der Waals surface area contributed by atoms with E-state index in [1.807, 2.05) is 18.5 Å². The number of rotatable bonds is 4. The normalized spacial score (nSPS) is 25.6. The summed E-state index contributed by atoms with van der Waals surface area (Å²) in [4.78, 5) is 34.3. The molecule has 1 amide bonds. The molecule has 2 N–H and O–H groups in total. The van der Waals surface area contributed by atoms with Gasteiger partial charge in [0.05, 0.1) is 11.9 Å². The molecule has 2 aromatic rings. The van der Waals surface area contributed by atoms with Gasteiger partial charge >= 0.3 is 0 Å². The van der Waals surface area contributed by atoms with Gasteiger partial charge in [-0.05, 0) is 38.4 Å². The minimum atomic E-state index is -0.497. The molecule has 6 rings (SSSR count). The van der Waals surface area contributed by atoms with Crippen molar-refractivity contribution in [2.75, 3.05) is 54.9 Å². The maximum absolute atomic E-state index is 13.0. The standard InChI is InChI=1S/C25H34N8O/c1-31-11-13-32(14-12-31)21-8-7-19(17-27-21)29-24-28-16-18-15-25(9-10-26-23(25)34)33(22(18)30-24)20-5-3-2-4-6-20/h7-8,16-17,20H,2-6,9-15H2,1H3,(H,26,34)(H,28,29,30). The van der Waals surface area contributed by atoms with Crippen LogP contribution in [0.3, 0.4) is 0 Å². The van der Waals surface area contributed by atoms with Crippen LogP contribution in [-0.4, -0.2) is 77.1 Å². The summed E-state index contributed by atoms with van der Waals surface area (Å²) >= 11 is 0. The van der Waals surface area contributed by atoms with E-state index in [2.05, 4.69) is 48.4 Å². The molecule has 3 aliphatic heterocycles. The lowest BCUT2D eigenvalue weighted by Crippen LogP contribution is -2.57. The lowest BCUT2D eigenvalue weighted by molar-refractivity contribution is -0.123. The molecule has 180 valence electrons. The van der Waals surface area contributed by atoms with E-state index in [1.54, 1.807) is 0 Å². The molecule has 34 heavy (non-hydrogen) atoms. The van der Waals surface area contributed by atoms with Crippen molar-refractivity contribution in [3.05, 3.63) is 30.1 Å². The SMILES string of the molecule is CN1CCN(c2ccc(Nc3ncc4c(n3)N(C3CCCCC3)C3(CCNC3=O)C4)cn2)CC1. The lowest BCUT2D eigenvalue weighted by atomic mass is 9.87. The number of nitrogens with zero attached hydrogens (tertiary/aromatic N) is 6. The minimum absolute atomic E-state index is 0.147. The second-order valence-corrected chi connectivity index (χ2v) is 10.2. The van der Waals surface area contributed by atoms with Crippen molar-refractivity contribution in [2.24, 2.45) is 0 Å². The molecule has 9 nitrogen and oxygen atoms in total. The molecule has 1 saturated carbocycles. The van der Waals surface area contributed by atoms with Crippen LogP contribution in [0.2, 0.25) is 0 Å². The first-order valence-electron chi connectivity index (χ1n) is 12.7. The summed E-state index contributed by atoms with van der Waals surface area (Å²) in [6.45, 7) is 4.84. The maximum Gasteiger partial charge on any atom is 0.246 e. The Bertz CT molecular complexity index is 1050. The Balaban J connectivity index is 1.24. The van der Waals surface area contributed by atoms with E-state index in [0.29, 0.717) is 18.4 Å². The number of amides is 1. The molecule has 2 aromatic heterocycles. The maximum atomic E-state index is 13.0. The molecule has 1 spiro atoms. The molecule has 2 saturated heterocycles. The van der Waals surface area contributed by atoms with Crippen LogP contribution < -0.4 is 20.4 Å². The highest BCUT2D eigenvalue weighted by Gasteiger charge is 2.55. The van der Waals surface area contributed by atoms with Gasteiger partial charge in [-0.1, -0.05) is 19.3 Å². The fourth-order valence-corrected chi connectivity index (χ4v) is 6.13. The van der Waals surface area contributed by atoms with Gasteiger partial charge in [0.25, 0.3) is 0 Å². The summed E-state index contributed by atoms with van der Waals surface area (Å²) in [7, 11) is 2.16. The highest BCUT2D eigenvalue weighted by atomic mass is 16.2. The van der Waals surface area contributed by atoms with Gasteiger partial charge in [0.1, 0.15) is 17.2 Å². The predicted molar refractivity (Wildman–Crippen MR) is 133 cm³/mol. The van der Waals surface area contributed by atoms with E-state index in [1.165, 1.54) is 19.3 Å². The third kappa shape index (κ3) is 3.76. The number of likely N-dealkylation sites (N-methyl/N-ethyl adjacent to an activating group) is 1. The summed E-state index contributed by atoms with van der Waals surface area (Å²) in [5.74, 6) is 2.65. The molecule has 4 aliphatic rings. The monoisotopic (exact) mass is 462 g/mol. The van der Waals surface area contributed by atoms with Crippen molar-refractivity contribution in [3.63, 3.8) is 0 Å². The molecule has 1 unspecified atom stereocenters. The van der Waals surface area contributed by atoms with E-state index in [9.17, 15) is 4.79 Å². The number of carbonyl (C=O) groups excluding carboxylic acids is 1. The van der Waals surface area contributed by atoms with E-state index < -0.39 is 5.54 Å². The van der Waals surface area contributed by atoms with Crippen LogP contribution in [0.1, 0.15) is 44.1 Å². The van der Waals surface area contributed by atoms with Crippen LogP contribution in [0.5, 0.6) is 0 Å². The highest BCUT2D eigenvalue weighted by molar-refractivity contribution is 5.94. The van der Waals surface area contributed by atoms with Gasteiger partial charge in [-0.25, -0.2) is 9.97 Å². The largest absolute Gasteiger partial charge is 0.354 e. The third-order valence-corrected chi connectivity index (χ3v) is 8.03. The van der Waals surface area contributed by atoms with Gasteiger partial charge in [-0.3, -0.25) is 4.79 Å². The molecule has 9 heteroatoms. The Labute approximate surface area is 201 Å². The van der Waals surface area contributed by atoms with E-state index in [-0.39, 0.29) is 5.91 Å². The van der Waals surface area contributed by atoms with Crippen molar-refractivity contribution < 1.29 is 4.79 Å². The summed E-state index contributed by atoms with van der Waals surface area (Å²) in [6.07, 6.45) is 11.3. The molecule has 1 atom stereocenters. The third-order valence-electron chi connectivity index (χ3n) is 8.03. The Kier molecular flexibility index (Phi) is 5.51. The Hall–Kier alpha value is -2.94. The quantitative estimate of drug-likeness (QED) is 0.716. The predicted octanol–water partition coefficient (Wildman–Crippen LogP) is 2.32. The van der Waals surface area contributed by atoms with Crippen LogP contribution in [0, 0.1) is 0 Å². The first kappa shape index (κ1) is 21.6. The summed E-state index contributed by atoms with van der Waals surface area (Å²) in [5, 5.41) is 6.43. The van der Waals surface area contributed by atoms with E-state index >= 15 is 0 Å². The zero-order valence-corrected chi connectivity index (χ0v) is 20.0. The topological polar surface area (TPSA) is 89.5 Å². The summed E-state index contributed by atoms with van der Waals surface area (Å²) < 4.78 is 0. The van der Waals surface area contributed by atoms with Crippen molar-refractivity contribution in [1.82, 2.24) is 25.2 Å². The van der Waals surface area contributed by atoms with Crippen LogP contribution in [0.25, 0.3) is 0 Å². The van der Waals surface area contributed by atoms with Crippen molar-refractivity contribution >= 4 is 29.2 Å². The van der Waals surface area contributed by atoms with E-state index in [4.69, 9.17) is 4.98 Å². The fourth-order valence-electron chi connectivity index (χ4n) is 6.13. The summed E-state index contributed by atoms with van der Waals surface area (Å²) in [5.41, 5.74) is 1.45. The van der Waals surface area contributed by atoms with Gasteiger partial charge in [0.2, 0.25) is 11.9 Å². The van der Waals surface area contributed by atoms with Crippen LogP contribution >= 0.6 is 0 Å². The number of carbonyl (C=O) groups is 1. The lowest BCUT2D eigenvalue weighted by Gasteiger charge is -2.42. The molecule has 1 aliphatic carbocycles. The summed E-state index contributed by atoms with van der Waals surface area (Å²) in [6, 6.07) is 4.47. The van der Waals surface area contributed by atoms with Gasteiger partial charge in [0.15, 0.2) is 0 Å². The molecular weight excluding hydrogens is 428 g/mol. The first-order valence-corrected chi connectivity index (χ1v) is 12.7. The highest BCUT2D eigenvalue weighted by Crippen LogP contribution is 2.45. The average molecular weight is 463 g/mol. The van der Waals surface area contributed by atoms with Crippen LogP contribution in [0.4, 0.5) is 23.3 Å². The number of fused-ring (bicyclic) bond motifs is 1. The van der Waals surface area contributed by atoms with Gasteiger partial charge in [0, 0.05) is 56.9 Å². The average Bonchev–Trinajstić information content (AvgIpc) is 3.39. The first-order chi connectivity index (χ1) is 16.6. The number of pyridine rings is 1.